The third-order valence-electron chi connectivity index (χ3n) is 3.61. The molecular formula is C11H18N10O2. The first kappa shape index (κ1) is 18.2. The largest absolute Gasteiger partial charge is 0.442 e. The molecule has 0 radical (unpaired) electrons. The molecule has 0 aliphatic carbocycles. The molecule has 0 unspecified atom stereocenters. The number of azide groups is 3. The molecule has 23 heavy (non-hydrogen) atoms. The molecule has 1 heterocycles. The van der Waals surface area contributed by atoms with E-state index in [9.17, 15) is 4.79 Å². The molecule has 1 aliphatic heterocycles. The SMILES string of the molecule is CC1CCN(C(=O)OC(CN=[N+]=[N-])(CN=[N+]=[N-])CN=[N+]=[N-])CC1. The Balaban J connectivity index is 2.91. The Labute approximate surface area is 132 Å². The Bertz CT molecular complexity index is 501. The summed E-state index contributed by atoms with van der Waals surface area (Å²) >= 11 is 0. The quantitative estimate of drug-likeness (QED) is 0.396. The molecule has 1 aliphatic rings. The highest BCUT2D eigenvalue weighted by molar-refractivity contribution is 5.68. The summed E-state index contributed by atoms with van der Waals surface area (Å²) in [6.45, 7) is 2.34. The molecule has 12 nitrogen and oxygen atoms in total. The normalized spacial score (nSPS) is 17.0. The number of carbonyl (C=O) groups is 1. The van der Waals surface area contributed by atoms with Gasteiger partial charge in [0.05, 0.1) is 19.6 Å². The number of hydrogen-bond acceptors (Lipinski definition) is 5. The van der Waals surface area contributed by atoms with E-state index in [2.05, 4.69) is 37.0 Å². The van der Waals surface area contributed by atoms with Gasteiger partial charge >= 0.3 is 6.09 Å². The lowest BCUT2D eigenvalue weighted by atomic mass is 10.00. The van der Waals surface area contributed by atoms with E-state index >= 15 is 0 Å². The molecule has 1 saturated heterocycles. The van der Waals surface area contributed by atoms with Crippen molar-refractivity contribution in [2.75, 3.05) is 32.7 Å². The molecule has 12 heteroatoms. The van der Waals surface area contributed by atoms with Gasteiger partial charge in [-0.05, 0) is 35.4 Å². The van der Waals surface area contributed by atoms with Crippen LogP contribution in [0.1, 0.15) is 19.8 Å². The van der Waals surface area contributed by atoms with Gasteiger partial charge in [0.1, 0.15) is 5.60 Å². The fraction of sp³-hybridized carbons (Fsp3) is 0.909. The number of ether oxygens (including phenoxy) is 1. The van der Waals surface area contributed by atoms with Crippen LogP contribution in [0.2, 0.25) is 0 Å². The average Bonchev–Trinajstić information content (AvgIpc) is 2.56. The first-order valence-electron chi connectivity index (χ1n) is 7.07. The molecule has 1 fully saturated rings. The maximum atomic E-state index is 12.3. The predicted octanol–water partition coefficient (Wildman–Crippen LogP) is 3.52. The molecule has 0 saturated carbocycles. The Hall–Kier alpha value is -2.80. The van der Waals surface area contributed by atoms with Crippen LogP contribution in [0.3, 0.4) is 0 Å². The molecule has 0 atom stereocenters. The van der Waals surface area contributed by atoms with Gasteiger partial charge in [-0.2, -0.15) is 0 Å². The van der Waals surface area contributed by atoms with Crippen LogP contribution in [-0.2, 0) is 4.74 Å². The maximum absolute atomic E-state index is 12.3. The van der Waals surface area contributed by atoms with Crippen molar-refractivity contribution in [2.45, 2.75) is 25.4 Å². The van der Waals surface area contributed by atoms with Crippen molar-refractivity contribution in [3.05, 3.63) is 31.3 Å². The maximum Gasteiger partial charge on any atom is 0.410 e. The van der Waals surface area contributed by atoms with E-state index in [4.69, 9.17) is 21.3 Å². The fourth-order valence-electron chi connectivity index (χ4n) is 2.17. The van der Waals surface area contributed by atoms with Crippen molar-refractivity contribution in [1.82, 2.24) is 4.90 Å². The van der Waals surface area contributed by atoms with Crippen LogP contribution in [0.25, 0.3) is 31.3 Å². The molecule has 124 valence electrons. The summed E-state index contributed by atoms with van der Waals surface area (Å²) in [6, 6.07) is 0. The van der Waals surface area contributed by atoms with E-state index in [1.165, 1.54) is 4.90 Å². The molecule has 0 aromatic rings. The highest BCUT2D eigenvalue weighted by Gasteiger charge is 2.35. The molecule has 1 rings (SSSR count). The van der Waals surface area contributed by atoms with E-state index in [1.54, 1.807) is 0 Å². The molecular weight excluding hydrogens is 304 g/mol. The third-order valence-corrected chi connectivity index (χ3v) is 3.61. The van der Waals surface area contributed by atoms with Crippen molar-refractivity contribution < 1.29 is 9.53 Å². The Kier molecular flexibility index (Phi) is 7.35. The van der Waals surface area contributed by atoms with Gasteiger partial charge in [0, 0.05) is 27.8 Å². The van der Waals surface area contributed by atoms with Crippen LogP contribution in [0.4, 0.5) is 4.79 Å². The minimum atomic E-state index is -1.48. The number of rotatable bonds is 7. The predicted molar refractivity (Wildman–Crippen MR) is 81.2 cm³/mol. The van der Waals surface area contributed by atoms with Gasteiger partial charge in [-0.25, -0.2) is 4.79 Å². The number of piperidine rings is 1. The van der Waals surface area contributed by atoms with E-state index in [0.717, 1.165) is 12.8 Å². The smallest absolute Gasteiger partial charge is 0.410 e. The molecule has 0 aromatic carbocycles. The summed E-state index contributed by atoms with van der Waals surface area (Å²) in [6.07, 6.45) is 1.13. The van der Waals surface area contributed by atoms with Crippen LogP contribution < -0.4 is 0 Å². The third kappa shape index (κ3) is 5.84. The zero-order valence-corrected chi connectivity index (χ0v) is 12.8. The Morgan fingerprint density at radius 3 is 1.91 bits per heavy atom. The van der Waals surface area contributed by atoms with E-state index in [-0.39, 0.29) is 19.6 Å². The monoisotopic (exact) mass is 322 g/mol. The van der Waals surface area contributed by atoms with Crippen LogP contribution in [-0.4, -0.2) is 49.3 Å². The van der Waals surface area contributed by atoms with E-state index in [1.807, 2.05) is 0 Å². The highest BCUT2D eigenvalue weighted by atomic mass is 16.6. The van der Waals surface area contributed by atoms with Gasteiger partial charge in [-0.15, -0.1) is 0 Å². The minimum Gasteiger partial charge on any atom is -0.442 e. The van der Waals surface area contributed by atoms with Crippen molar-refractivity contribution in [1.29, 1.82) is 0 Å². The van der Waals surface area contributed by atoms with Gasteiger partial charge in [0.15, 0.2) is 0 Å². The lowest BCUT2D eigenvalue weighted by Gasteiger charge is -2.35. The summed E-state index contributed by atoms with van der Waals surface area (Å²) in [5, 5.41) is 10.1. The number of amides is 1. The topological polar surface area (TPSA) is 176 Å². The number of carbonyl (C=O) groups excluding carboxylic acids is 1. The summed E-state index contributed by atoms with van der Waals surface area (Å²) in [5.74, 6) is 0.540. The van der Waals surface area contributed by atoms with Crippen LogP contribution in [0.5, 0.6) is 0 Å². The first-order chi connectivity index (χ1) is 11.1. The molecule has 0 bridgehead atoms. The van der Waals surface area contributed by atoms with Gasteiger partial charge in [0.2, 0.25) is 0 Å². The molecule has 0 spiro atoms. The standard InChI is InChI=1S/C11H18N10O2/c1-9-2-4-21(5-3-9)10(22)23-11(6-15-18-12,7-16-19-13)8-17-20-14/h9H,2-8H2,1H3. The minimum absolute atomic E-state index is 0.294. The summed E-state index contributed by atoms with van der Waals surface area (Å²) in [5.41, 5.74) is 24.0. The van der Waals surface area contributed by atoms with Gasteiger partial charge in [-0.3, -0.25) is 0 Å². The van der Waals surface area contributed by atoms with E-state index < -0.39 is 11.7 Å². The highest BCUT2D eigenvalue weighted by Crippen LogP contribution is 2.21. The van der Waals surface area contributed by atoms with Gasteiger partial charge < -0.3 is 9.64 Å². The second-order valence-electron chi connectivity index (χ2n) is 5.39. The van der Waals surface area contributed by atoms with Gasteiger partial charge in [-0.1, -0.05) is 22.3 Å². The summed E-state index contributed by atoms with van der Waals surface area (Å²) in [7, 11) is 0. The summed E-state index contributed by atoms with van der Waals surface area (Å²) in [4.78, 5) is 21.7. The average molecular weight is 322 g/mol. The first-order valence-corrected chi connectivity index (χ1v) is 7.07. The molecule has 1 amide bonds. The van der Waals surface area contributed by atoms with Crippen LogP contribution in [0, 0.1) is 5.92 Å². The lowest BCUT2D eigenvalue weighted by Crippen LogP contribution is -2.49. The van der Waals surface area contributed by atoms with Crippen molar-refractivity contribution >= 4 is 6.09 Å². The zero-order chi connectivity index (χ0) is 17.1. The lowest BCUT2D eigenvalue weighted by molar-refractivity contribution is 0.00213. The zero-order valence-electron chi connectivity index (χ0n) is 12.8. The van der Waals surface area contributed by atoms with Crippen LogP contribution >= 0.6 is 0 Å². The van der Waals surface area contributed by atoms with Gasteiger partial charge in [0.25, 0.3) is 0 Å². The Morgan fingerprint density at radius 1 is 1.09 bits per heavy atom. The fourth-order valence-corrected chi connectivity index (χ4v) is 2.17. The van der Waals surface area contributed by atoms with Crippen LogP contribution in [0.15, 0.2) is 15.3 Å². The van der Waals surface area contributed by atoms with Crippen molar-refractivity contribution in [3.8, 4) is 0 Å². The second kappa shape index (κ2) is 9.26. The summed E-state index contributed by atoms with van der Waals surface area (Å²) < 4.78 is 5.41. The number of nitrogens with zero attached hydrogens (tertiary/aromatic N) is 10. The van der Waals surface area contributed by atoms with E-state index in [0.29, 0.717) is 19.0 Å². The van der Waals surface area contributed by atoms with Crippen molar-refractivity contribution in [3.63, 3.8) is 0 Å². The second-order valence-corrected chi connectivity index (χ2v) is 5.39. The number of hydrogen-bond donors (Lipinski definition) is 0. The Morgan fingerprint density at radius 2 is 1.52 bits per heavy atom. The molecule has 0 N–H and O–H groups in total. The molecule has 0 aromatic heterocycles. The van der Waals surface area contributed by atoms with Crippen molar-refractivity contribution in [2.24, 2.45) is 21.3 Å². The number of likely N-dealkylation sites (tertiary alicyclic amines) is 1.